The highest BCUT2D eigenvalue weighted by molar-refractivity contribution is 5.99. The zero-order chi connectivity index (χ0) is 23.1. The number of carbonyl (C=O) groups is 1. The molecule has 166 valence electrons. The van der Waals surface area contributed by atoms with Crippen molar-refractivity contribution in [3.05, 3.63) is 96.4 Å². The topological polar surface area (TPSA) is 103 Å². The molecule has 0 unspecified atom stereocenters. The Kier molecular flexibility index (Phi) is 4.65. The number of furan rings is 1. The smallest absolute Gasteiger partial charge is 0.238 e. The highest BCUT2D eigenvalue weighted by atomic mass is 16.3. The molecular formula is C25H19N7O2. The first-order chi connectivity index (χ1) is 16.7. The second kappa shape index (κ2) is 7.96. The van der Waals surface area contributed by atoms with E-state index in [1.165, 1.54) is 4.52 Å². The Labute approximate surface area is 193 Å². The molecule has 0 bridgehead atoms. The van der Waals surface area contributed by atoms with E-state index in [0.29, 0.717) is 28.3 Å². The molecule has 6 rings (SSSR count). The molecule has 0 saturated carbocycles. The summed E-state index contributed by atoms with van der Waals surface area (Å²) in [5.74, 6) is 0.363. The number of aromatic nitrogens is 6. The second-order valence-corrected chi connectivity index (χ2v) is 7.87. The van der Waals surface area contributed by atoms with Crippen molar-refractivity contribution in [3.63, 3.8) is 0 Å². The third-order valence-corrected chi connectivity index (χ3v) is 5.57. The van der Waals surface area contributed by atoms with Crippen molar-refractivity contribution in [3.8, 4) is 11.6 Å². The Bertz CT molecular complexity index is 1560. The van der Waals surface area contributed by atoms with E-state index in [9.17, 15) is 4.79 Å². The van der Waals surface area contributed by atoms with E-state index in [-0.39, 0.29) is 11.9 Å². The number of benzene rings is 2. The third kappa shape index (κ3) is 3.39. The number of aryl methyl sites for hydroxylation is 1. The lowest BCUT2D eigenvalue weighted by Gasteiger charge is -2.17. The summed E-state index contributed by atoms with van der Waals surface area (Å²) in [4.78, 5) is 22.9. The number of rotatable bonds is 5. The lowest BCUT2D eigenvalue weighted by atomic mass is 9.90. The summed E-state index contributed by atoms with van der Waals surface area (Å²) in [6.45, 7) is 0. The average Bonchev–Trinajstić information content (AvgIpc) is 3.60. The van der Waals surface area contributed by atoms with Crippen molar-refractivity contribution in [2.24, 2.45) is 7.05 Å². The van der Waals surface area contributed by atoms with Gasteiger partial charge in [0.15, 0.2) is 17.1 Å². The van der Waals surface area contributed by atoms with Gasteiger partial charge in [0.05, 0.1) is 17.6 Å². The molecule has 0 saturated heterocycles. The van der Waals surface area contributed by atoms with Gasteiger partial charge in [-0.3, -0.25) is 14.8 Å². The van der Waals surface area contributed by atoms with Gasteiger partial charge in [0.2, 0.25) is 17.7 Å². The molecule has 1 N–H and O–H groups in total. The number of amides is 1. The van der Waals surface area contributed by atoms with Crippen LogP contribution in [0.15, 0.2) is 89.7 Å². The number of nitrogens with zero attached hydrogens (tertiary/aromatic N) is 6. The van der Waals surface area contributed by atoms with Crippen LogP contribution in [0.2, 0.25) is 0 Å². The molecule has 0 aliphatic rings. The summed E-state index contributed by atoms with van der Waals surface area (Å²) in [5.41, 5.74) is 2.72. The average molecular weight is 449 g/mol. The maximum atomic E-state index is 13.7. The van der Waals surface area contributed by atoms with Gasteiger partial charge in [-0.1, -0.05) is 60.7 Å². The normalized spacial score (nSPS) is 11.5. The van der Waals surface area contributed by atoms with E-state index < -0.39 is 5.92 Å². The van der Waals surface area contributed by atoms with Crippen molar-refractivity contribution in [1.82, 2.24) is 29.4 Å². The Morgan fingerprint density at radius 1 is 0.912 bits per heavy atom. The van der Waals surface area contributed by atoms with Crippen molar-refractivity contribution >= 4 is 28.5 Å². The first-order valence-corrected chi connectivity index (χ1v) is 10.7. The molecule has 34 heavy (non-hydrogen) atoms. The quantitative estimate of drug-likeness (QED) is 0.426. The molecule has 4 aromatic heterocycles. The molecular weight excluding hydrogens is 430 g/mol. The minimum atomic E-state index is -0.535. The standard InChI is InChI=1S/C25H19N7O2/c1-31-15-18-21(29-31)27-25(32-23(18)26-22(30-32)19-13-8-14-34-19)28-24(33)20(16-9-4-2-5-10-16)17-11-6-3-7-12-17/h2-15,20H,1H3,(H,27,28,29,33). The minimum absolute atomic E-state index is 0.230. The molecule has 9 nitrogen and oxygen atoms in total. The van der Waals surface area contributed by atoms with Crippen LogP contribution < -0.4 is 5.32 Å². The number of carbonyl (C=O) groups excluding carboxylic acids is 1. The van der Waals surface area contributed by atoms with Gasteiger partial charge in [0.1, 0.15) is 0 Å². The summed E-state index contributed by atoms with van der Waals surface area (Å²) in [6, 6.07) is 22.8. The Morgan fingerprint density at radius 3 is 2.26 bits per heavy atom. The molecule has 0 aliphatic heterocycles. The molecule has 4 heterocycles. The number of hydrogen-bond acceptors (Lipinski definition) is 6. The molecule has 0 radical (unpaired) electrons. The molecule has 0 fully saturated rings. The maximum Gasteiger partial charge on any atom is 0.238 e. The molecule has 1 amide bonds. The largest absolute Gasteiger partial charge is 0.461 e. The van der Waals surface area contributed by atoms with E-state index in [0.717, 1.165) is 11.1 Å². The highest BCUT2D eigenvalue weighted by Gasteiger charge is 2.25. The summed E-state index contributed by atoms with van der Waals surface area (Å²) in [7, 11) is 1.81. The summed E-state index contributed by atoms with van der Waals surface area (Å²) in [6.07, 6.45) is 3.38. The van der Waals surface area contributed by atoms with Crippen molar-refractivity contribution in [1.29, 1.82) is 0 Å². The van der Waals surface area contributed by atoms with Crippen LogP contribution in [-0.4, -0.2) is 35.3 Å². The van der Waals surface area contributed by atoms with E-state index in [2.05, 4.69) is 25.5 Å². The summed E-state index contributed by atoms with van der Waals surface area (Å²) >= 11 is 0. The number of fused-ring (bicyclic) bond motifs is 3. The van der Waals surface area contributed by atoms with E-state index in [4.69, 9.17) is 4.42 Å². The van der Waals surface area contributed by atoms with Gasteiger partial charge in [-0.05, 0) is 23.3 Å². The van der Waals surface area contributed by atoms with Crippen molar-refractivity contribution in [2.75, 3.05) is 5.32 Å². The van der Waals surface area contributed by atoms with Gasteiger partial charge < -0.3 is 4.42 Å². The number of hydrogen-bond donors (Lipinski definition) is 1. The second-order valence-electron chi connectivity index (χ2n) is 7.87. The first-order valence-electron chi connectivity index (χ1n) is 10.7. The van der Waals surface area contributed by atoms with Gasteiger partial charge in [-0.2, -0.15) is 14.6 Å². The maximum absolute atomic E-state index is 13.7. The van der Waals surface area contributed by atoms with Gasteiger partial charge in [0, 0.05) is 13.2 Å². The third-order valence-electron chi connectivity index (χ3n) is 5.57. The van der Waals surface area contributed by atoms with Crippen molar-refractivity contribution in [2.45, 2.75) is 5.92 Å². The Balaban J connectivity index is 1.48. The van der Waals surface area contributed by atoms with Crippen LogP contribution in [0.5, 0.6) is 0 Å². The van der Waals surface area contributed by atoms with Crippen LogP contribution in [0, 0.1) is 0 Å². The van der Waals surface area contributed by atoms with Gasteiger partial charge >= 0.3 is 0 Å². The van der Waals surface area contributed by atoms with Crippen LogP contribution in [0.25, 0.3) is 28.3 Å². The predicted octanol–water partition coefficient (Wildman–Crippen LogP) is 4.04. The van der Waals surface area contributed by atoms with Crippen LogP contribution in [0.4, 0.5) is 5.95 Å². The minimum Gasteiger partial charge on any atom is -0.461 e. The van der Waals surface area contributed by atoms with E-state index in [1.54, 1.807) is 30.1 Å². The molecule has 0 atom stereocenters. The molecule has 9 heteroatoms. The molecule has 0 aliphatic carbocycles. The molecule has 0 spiro atoms. The van der Waals surface area contributed by atoms with Gasteiger partial charge in [0.25, 0.3) is 0 Å². The number of nitrogens with one attached hydrogen (secondary N) is 1. The van der Waals surface area contributed by atoms with Crippen LogP contribution in [-0.2, 0) is 11.8 Å². The summed E-state index contributed by atoms with van der Waals surface area (Å²) in [5, 5.41) is 12.7. The molecule has 2 aromatic carbocycles. The predicted molar refractivity (Wildman–Crippen MR) is 126 cm³/mol. The Morgan fingerprint density at radius 2 is 1.62 bits per heavy atom. The number of anilines is 1. The summed E-state index contributed by atoms with van der Waals surface area (Å²) < 4.78 is 8.65. The van der Waals surface area contributed by atoms with E-state index >= 15 is 0 Å². The Hall–Kier alpha value is -4.79. The highest BCUT2D eigenvalue weighted by Crippen LogP contribution is 2.28. The monoisotopic (exact) mass is 449 g/mol. The van der Waals surface area contributed by atoms with E-state index in [1.807, 2.05) is 66.9 Å². The van der Waals surface area contributed by atoms with Gasteiger partial charge in [-0.25, -0.2) is 4.98 Å². The van der Waals surface area contributed by atoms with Crippen LogP contribution >= 0.6 is 0 Å². The van der Waals surface area contributed by atoms with Crippen LogP contribution in [0.1, 0.15) is 17.0 Å². The SMILES string of the molecule is Cn1cc2c(nc(NC(=O)C(c3ccccc3)c3ccccc3)n3nc(-c4ccco4)nc23)n1. The fourth-order valence-corrected chi connectivity index (χ4v) is 4.06. The zero-order valence-corrected chi connectivity index (χ0v) is 18.2. The van der Waals surface area contributed by atoms with Crippen molar-refractivity contribution < 1.29 is 9.21 Å². The molecule has 6 aromatic rings. The zero-order valence-electron chi connectivity index (χ0n) is 18.2. The van der Waals surface area contributed by atoms with Gasteiger partial charge in [-0.15, -0.1) is 5.10 Å². The lowest BCUT2D eigenvalue weighted by molar-refractivity contribution is -0.116. The fraction of sp³-hybridized carbons (Fsp3) is 0.0800. The van der Waals surface area contributed by atoms with Crippen LogP contribution in [0.3, 0.4) is 0 Å². The first kappa shape index (κ1) is 19.9. The lowest BCUT2D eigenvalue weighted by Crippen LogP contribution is -2.24. The fourth-order valence-electron chi connectivity index (χ4n) is 4.06.